The zero-order valence-electron chi connectivity index (χ0n) is 14.5. The molecule has 3 heterocycles. The van der Waals surface area contributed by atoms with Gasteiger partial charge in [-0.1, -0.05) is 0 Å². The van der Waals surface area contributed by atoms with Crippen LogP contribution in [0.25, 0.3) is 0 Å². The molecule has 0 radical (unpaired) electrons. The average Bonchev–Trinajstić information content (AvgIpc) is 3.02. The minimum atomic E-state index is -3.16. The van der Waals surface area contributed by atoms with Crippen LogP contribution in [0.4, 0.5) is 5.13 Å². The standard InChI is InChI=1S/C15H25N5O3S2/c1-25(22,23)20-10-8-18(9-11-20)14(21)13-17-4-2-5-19(7-6-17)15-16-3-12-24-15/h3,12H,2,4-11,13H2,1H3. The van der Waals surface area contributed by atoms with Gasteiger partial charge in [-0.2, -0.15) is 4.31 Å². The number of rotatable bonds is 4. The molecule has 0 spiro atoms. The lowest BCUT2D eigenvalue weighted by Gasteiger charge is -2.34. The number of anilines is 1. The Bertz CT molecular complexity index is 671. The van der Waals surface area contributed by atoms with Gasteiger partial charge in [-0.3, -0.25) is 9.69 Å². The minimum Gasteiger partial charge on any atom is -0.347 e. The van der Waals surface area contributed by atoms with Gasteiger partial charge in [-0.15, -0.1) is 11.3 Å². The van der Waals surface area contributed by atoms with Crippen molar-refractivity contribution >= 4 is 32.4 Å². The van der Waals surface area contributed by atoms with Crippen molar-refractivity contribution in [3.63, 3.8) is 0 Å². The Labute approximate surface area is 153 Å². The molecule has 0 unspecified atom stereocenters. The average molecular weight is 388 g/mol. The van der Waals surface area contributed by atoms with E-state index in [4.69, 9.17) is 0 Å². The van der Waals surface area contributed by atoms with Crippen LogP contribution in [0.2, 0.25) is 0 Å². The second kappa shape index (κ2) is 7.98. The van der Waals surface area contributed by atoms with Gasteiger partial charge < -0.3 is 9.80 Å². The van der Waals surface area contributed by atoms with Gasteiger partial charge in [0.2, 0.25) is 15.9 Å². The van der Waals surface area contributed by atoms with Crippen LogP contribution in [-0.4, -0.2) is 98.6 Å². The molecule has 0 N–H and O–H groups in total. The normalized spacial score (nSPS) is 21.3. The first-order valence-electron chi connectivity index (χ1n) is 8.53. The largest absolute Gasteiger partial charge is 0.347 e. The van der Waals surface area contributed by atoms with Crippen molar-refractivity contribution in [2.75, 3.05) is 70.1 Å². The Balaban J connectivity index is 1.47. The van der Waals surface area contributed by atoms with Gasteiger partial charge in [0.05, 0.1) is 12.8 Å². The fourth-order valence-corrected chi connectivity index (χ4v) is 4.78. The molecule has 8 nitrogen and oxygen atoms in total. The van der Waals surface area contributed by atoms with E-state index in [9.17, 15) is 13.2 Å². The number of hydrogen-bond acceptors (Lipinski definition) is 7. The Morgan fingerprint density at radius 2 is 1.88 bits per heavy atom. The molecule has 2 saturated heterocycles. The van der Waals surface area contributed by atoms with E-state index in [0.717, 1.165) is 37.7 Å². The second-order valence-electron chi connectivity index (χ2n) is 6.47. The van der Waals surface area contributed by atoms with E-state index < -0.39 is 10.0 Å². The van der Waals surface area contributed by atoms with E-state index in [-0.39, 0.29) is 5.91 Å². The predicted molar refractivity (Wildman–Crippen MR) is 98.4 cm³/mol. The maximum absolute atomic E-state index is 12.5. The van der Waals surface area contributed by atoms with Crippen LogP contribution in [-0.2, 0) is 14.8 Å². The van der Waals surface area contributed by atoms with Crippen molar-refractivity contribution in [3.8, 4) is 0 Å². The molecule has 1 aromatic heterocycles. The van der Waals surface area contributed by atoms with Crippen LogP contribution < -0.4 is 4.90 Å². The van der Waals surface area contributed by atoms with Crippen molar-refractivity contribution < 1.29 is 13.2 Å². The van der Waals surface area contributed by atoms with E-state index in [1.807, 2.05) is 11.6 Å². The number of carbonyl (C=O) groups excluding carboxylic acids is 1. The zero-order valence-corrected chi connectivity index (χ0v) is 16.1. The Kier molecular flexibility index (Phi) is 5.92. The third-order valence-corrected chi connectivity index (χ3v) is 6.83. The number of piperazine rings is 1. The van der Waals surface area contributed by atoms with E-state index in [1.54, 1.807) is 16.2 Å². The molecule has 2 aliphatic rings. The van der Waals surface area contributed by atoms with Crippen LogP contribution in [0.1, 0.15) is 6.42 Å². The maximum Gasteiger partial charge on any atom is 0.236 e. The molecule has 3 rings (SSSR count). The number of amides is 1. The van der Waals surface area contributed by atoms with Gasteiger partial charge in [0.15, 0.2) is 5.13 Å². The molecule has 0 atom stereocenters. The summed E-state index contributed by atoms with van der Waals surface area (Å²) in [6.07, 6.45) is 4.05. The summed E-state index contributed by atoms with van der Waals surface area (Å²) >= 11 is 1.65. The van der Waals surface area contributed by atoms with Gasteiger partial charge in [-0.05, 0) is 6.42 Å². The number of aromatic nitrogens is 1. The summed E-state index contributed by atoms with van der Waals surface area (Å²) in [6, 6.07) is 0. The lowest BCUT2D eigenvalue weighted by molar-refractivity contribution is -0.133. The molecule has 0 bridgehead atoms. The SMILES string of the molecule is CS(=O)(=O)N1CCN(C(=O)CN2CCCN(c3nccs3)CC2)CC1. The van der Waals surface area contributed by atoms with Crippen molar-refractivity contribution in [1.82, 2.24) is 19.1 Å². The molecule has 2 fully saturated rings. The Morgan fingerprint density at radius 3 is 2.52 bits per heavy atom. The molecule has 0 aliphatic carbocycles. The Hall–Kier alpha value is -1.23. The van der Waals surface area contributed by atoms with Gasteiger partial charge in [0.25, 0.3) is 0 Å². The summed E-state index contributed by atoms with van der Waals surface area (Å²) in [6.45, 7) is 5.73. The molecule has 2 aliphatic heterocycles. The topological polar surface area (TPSA) is 77.1 Å². The quantitative estimate of drug-likeness (QED) is 0.710. The molecule has 25 heavy (non-hydrogen) atoms. The van der Waals surface area contributed by atoms with E-state index in [2.05, 4.69) is 14.8 Å². The smallest absolute Gasteiger partial charge is 0.236 e. The summed E-state index contributed by atoms with van der Waals surface area (Å²) in [5.74, 6) is 0.0934. The molecular weight excluding hydrogens is 362 g/mol. The number of sulfonamides is 1. The summed E-state index contributed by atoms with van der Waals surface area (Å²) in [4.78, 5) is 23.2. The number of hydrogen-bond donors (Lipinski definition) is 0. The summed E-state index contributed by atoms with van der Waals surface area (Å²) in [7, 11) is -3.16. The monoisotopic (exact) mass is 387 g/mol. The fourth-order valence-electron chi connectivity index (χ4n) is 3.25. The lowest BCUT2D eigenvalue weighted by atomic mass is 10.3. The van der Waals surface area contributed by atoms with Gasteiger partial charge in [0.1, 0.15) is 0 Å². The third kappa shape index (κ3) is 4.90. The van der Waals surface area contributed by atoms with E-state index >= 15 is 0 Å². The van der Waals surface area contributed by atoms with Crippen LogP contribution in [0.5, 0.6) is 0 Å². The highest BCUT2D eigenvalue weighted by molar-refractivity contribution is 7.88. The zero-order chi connectivity index (χ0) is 17.9. The highest BCUT2D eigenvalue weighted by Crippen LogP contribution is 2.19. The maximum atomic E-state index is 12.5. The number of carbonyl (C=O) groups is 1. The lowest BCUT2D eigenvalue weighted by Crippen LogP contribution is -2.52. The van der Waals surface area contributed by atoms with Crippen LogP contribution >= 0.6 is 11.3 Å². The molecule has 140 valence electrons. The van der Waals surface area contributed by atoms with Crippen LogP contribution in [0.3, 0.4) is 0 Å². The highest BCUT2D eigenvalue weighted by Gasteiger charge is 2.27. The summed E-state index contributed by atoms with van der Waals surface area (Å²) in [5, 5.41) is 3.03. The first-order valence-corrected chi connectivity index (χ1v) is 11.3. The molecule has 0 aromatic carbocycles. The number of nitrogens with zero attached hydrogens (tertiary/aromatic N) is 5. The van der Waals surface area contributed by atoms with Crippen molar-refractivity contribution in [2.45, 2.75) is 6.42 Å². The highest BCUT2D eigenvalue weighted by atomic mass is 32.2. The molecular formula is C15H25N5O3S2. The van der Waals surface area contributed by atoms with Crippen LogP contribution in [0.15, 0.2) is 11.6 Å². The number of thiazole rings is 1. The third-order valence-electron chi connectivity index (χ3n) is 4.70. The summed E-state index contributed by atoms with van der Waals surface area (Å²) < 4.78 is 24.5. The van der Waals surface area contributed by atoms with Crippen molar-refractivity contribution in [1.29, 1.82) is 0 Å². The second-order valence-corrected chi connectivity index (χ2v) is 9.33. The summed E-state index contributed by atoms with van der Waals surface area (Å²) in [5.41, 5.74) is 0. The molecule has 1 amide bonds. The van der Waals surface area contributed by atoms with Crippen LogP contribution in [0, 0.1) is 0 Å². The molecule has 0 saturated carbocycles. The van der Waals surface area contributed by atoms with E-state index in [0.29, 0.717) is 32.7 Å². The van der Waals surface area contributed by atoms with Crippen molar-refractivity contribution in [2.24, 2.45) is 0 Å². The fraction of sp³-hybridized carbons (Fsp3) is 0.733. The first kappa shape index (κ1) is 18.6. The van der Waals surface area contributed by atoms with Gasteiger partial charge >= 0.3 is 0 Å². The molecule has 10 heteroatoms. The predicted octanol–water partition coefficient (Wildman–Crippen LogP) is -0.241. The van der Waals surface area contributed by atoms with E-state index in [1.165, 1.54) is 10.6 Å². The first-order chi connectivity index (χ1) is 11.9. The van der Waals surface area contributed by atoms with Crippen molar-refractivity contribution in [3.05, 3.63) is 11.6 Å². The van der Waals surface area contributed by atoms with Gasteiger partial charge in [0, 0.05) is 63.9 Å². The Morgan fingerprint density at radius 1 is 1.12 bits per heavy atom. The molecule has 1 aromatic rings. The minimum absolute atomic E-state index is 0.0934. The van der Waals surface area contributed by atoms with Gasteiger partial charge in [-0.25, -0.2) is 13.4 Å².